The average molecular weight is 432 g/mol. The van der Waals surface area contributed by atoms with E-state index < -0.39 is 0 Å². The van der Waals surface area contributed by atoms with Crippen LogP contribution in [0.2, 0.25) is 0 Å². The number of nitrogens with two attached hydrogens (primary N) is 1. The molecule has 0 fully saturated rings. The third-order valence-electron chi connectivity index (χ3n) is 6.61. The molecule has 0 aliphatic rings. The Morgan fingerprint density at radius 3 is 1.80 bits per heavy atom. The first-order chi connectivity index (χ1) is 14.1. The minimum atomic E-state index is 0. The van der Waals surface area contributed by atoms with Gasteiger partial charge in [0.15, 0.2) is 0 Å². The zero-order valence-electron chi connectivity index (χ0n) is 19.8. The Balaban J connectivity index is 0.00000450. The van der Waals surface area contributed by atoms with Crippen LogP contribution in [0.1, 0.15) is 120 Å². The van der Waals surface area contributed by atoms with Crippen molar-refractivity contribution in [3.05, 3.63) is 47.0 Å². The van der Waals surface area contributed by atoms with E-state index in [4.69, 9.17) is 5.73 Å². The molecule has 0 saturated heterocycles. The first-order valence-corrected chi connectivity index (χ1v) is 12.4. The maximum Gasteiger partial charge on any atom is 0.0303 e. The van der Waals surface area contributed by atoms with Crippen molar-refractivity contribution in [2.24, 2.45) is 5.73 Å². The van der Waals surface area contributed by atoms with Crippen LogP contribution in [-0.2, 0) is 0 Å². The van der Waals surface area contributed by atoms with Crippen LogP contribution in [0.15, 0.2) is 30.3 Å². The molecule has 1 unspecified atom stereocenters. The summed E-state index contributed by atoms with van der Waals surface area (Å²) in [6, 6.07) is 11.2. The molecular weight excluding hydrogens is 386 g/mol. The Morgan fingerprint density at radius 2 is 1.23 bits per heavy atom. The Labute approximate surface area is 192 Å². The molecule has 0 aliphatic heterocycles. The highest BCUT2D eigenvalue weighted by Crippen LogP contribution is 2.31. The second-order valence-corrected chi connectivity index (χ2v) is 9.09. The van der Waals surface area contributed by atoms with Gasteiger partial charge < -0.3 is 5.73 Å². The fourth-order valence-electron chi connectivity index (χ4n) is 4.63. The summed E-state index contributed by atoms with van der Waals surface area (Å²) in [5.74, 6) is 0. The van der Waals surface area contributed by atoms with E-state index in [1.165, 1.54) is 111 Å². The van der Waals surface area contributed by atoms with Crippen molar-refractivity contribution in [3.8, 4) is 0 Å². The van der Waals surface area contributed by atoms with Crippen molar-refractivity contribution in [2.75, 3.05) is 0 Å². The summed E-state index contributed by atoms with van der Waals surface area (Å²) >= 11 is 0. The first-order valence-electron chi connectivity index (χ1n) is 12.4. The molecule has 2 N–H and O–H groups in total. The fraction of sp³-hybridized carbons (Fsp3) is 0.643. The summed E-state index contributed by atoms with van der Waals surface area (Å²) < 4.78 is 0. The molecule has 2 aromatic carbocycles. The van der Waals surface area contributed by atoms with Gasteiger partial charge in [-0.1, -0.05) is 121 Å². The molecule has 1 nitrogen and oxygen atoms in total. The van der Waals surface area contributed by atoms with Gasteiger partial charge in [0.2, 0.25) is 0 Å². The number of benzene rings is 2. The third-order valence-corrected chi connectivity index (χ3v) is 6.61. The number of hydrogen-bond donors (Lipinski definition) is 1. The molecule has 0 bridgehead atoms. The number of halogens is 1. The van der Waals surface area contributed by atoms with Gasteiger partial charge in [0.25, 0.3) is 0 Å². The topological polar surface area (TPSA) is 26.0 Å². The molecule has 0 amide bonds. The standard InChI is InChI=1S/C28H45N.ClH/c1-4-5-6-7-8-9-10-11-12-13-14-15-16-21-27(29)28-24(3)23(2)22-25-19-17-18-20-26(25)28;/h17-20,22,27H,4-16,21,29H2,1-3H3;1H. The lowest BCUT2D eigenvalue weighted by molar-refractivity contribution is 0.522. The Bertz CT molecular complexity index is 709. The molecule has 0 heterocycles. The molecule has 0 aliphatic carbocycles. The zero-order chi connectivity index (χ0) is 20.9. The summed E-state index contributed by atoms with van der Waals surface area (Å²) in [6.45, 7) is 6.74. The minimum Gasteiger partial charge on any atom is -0.324 e. The van der Waals surface area contributed by atoms with Gasteiger partial charge in [-0.05, 0) is 47.7 Å². The lowest BCUT2D eigenvalue weighted by atomic mass is 9.89. The molecule has 30 heavy (non-hydrogen) atoms. The number of fused-ring (bicyclic) bond motifs is 1. The Morgan fingerprint density at radius 1 is 0.733 bits per heavy atom. The zero-order valence-corrected chi connectivity index (χ0v) is 20.7. The Hall–Kier alpha value is -1.05. The van der Waals surface area contributed by atoms with Crippen LogP contribution in [0.3, 0.4) is 0 Å². The summed E-state index contributed by atoms with van der Waals surface area (Å²) in [5, 5.41) is 2.67. The van der Waals surface area contributed by atoms with Crippen molar-refractivity contribution in [1.29, 1.82) is 0 Å². The molecule has 170 valence electrons. The molecule has 0 saturated carbocycles. The minimum absolute atomic E-state index is 0. The van der Waals surface area contributed by atoms with E-state index >= 15 is 0 Å². The van der Waals surface area contributed by atoms with Gasteiger partial charge in [-0.2, -0.15) is 0 Å². The van der Waals surface area contributed by atoms with E-state index in [1.807, 2.05) is 0 Å². The van der Waals surface area contributed by atoms with Crippen LogP contribution >= 0.6 is 12.4 Å². The van der Waals surface area contributed by atoms with E-state index in [-0.39, 0.29) is 18.4 Å². The highest BCUT2D eigenvalue weighted by atomic mass is 35.5. The van der Waals surface area contributed by atoms with Gasteiger partial charge in [0.1, 0.15) is 0 Å². The van der Waals surface area contributed by atoms with Gasteiger partial charge in [-0.3, -0.25) is 0 Å². The molecule has 1 atom stereocenters. The lowest BCUT2D eigenvalue weighted by Crippen LogP contribution is -2.13. The van der Waals surface area contributed by atoms with Crippen molar-refractivity contribution in [2.45, 2.75) is 117 Å². The summed E-state index contributed by atoms with van der Waals surface area (Å²) in [7, 11) is 0. The quantitative estimate of drug-likeness (QED) is 0.279. The maximum atomic E-state index is 6.67. The molecule has 2 aromatic rings. The van der Waals surface area contributed by atoms with E-state index in [2.05, 4.69) is 51.1 Å². The molecule has 0 spiro atoms. The largest absolute Gasteiger partial charge is 0.324 e. The predicted octanol–water partition coefficient (Wildman–Crippen LogP) is 9.36. The van der Waals surface area contributed by atoms with Crippen LogP contribution in [0.4, 0.5) is 0 Å². The summed E-state index contributed by atoms with van der Waals surface area (Å²) in [4.78, 5) is 0. The van der Waals surface area contributed by atoms with Gasteiger partial charge in [0, 0.05) is 6.04 Å². The van der Waals surface area contributed by atoms with Crippen LogP contribution in [0.5, 0.6) is 0 Å². The second kappa shape index (κ2) is 15.7. The highest BCUT2D eigenvalue weighted by molar-refractivity contribution is 5.88. The van der Waals surface area contributed by atoms with E-state index in [0.717, 1.165) is 6.42 Å². The van der Waals surface area contributed by atoms with Crippen LogP contribution in [0.25, 0.3) is 10.8 Å². The van der Waals surface area contributed by atoms with E-state index in [1.54, 1.807) is 0 Å². The first kappa shape index (κ1) is 27.0. The number of unbranched alkanes of at least 4 members (excludes halogenated alkanes) is 12. The number of hydrogen-bond acceptors (Lipinski definition) is 1. The maximum absolute atomic E-state index is 6.67. The highest BCUT2D eigenvalue weighted by Gasteiger charge is 2.14. The number of aryl methyl sites for hydroxylation is 1. The third kappa shape index (κ3) is 8.98. The summed E-state index contributed by atoms with van der Waals surface area (Å²) in [6.07, 6.45) is 19.3. The van der Waals surface area contributed by atoms with Gasteiger partial charge >= 0.3 is 0 Å². The molecule has 2 rings (SSSR count). The molecular formula is C28H46ClN. The smallest absolute Gasteiger partial charge is 0.0303 e. The van der Waals surface area contributed by atoms with Gasteiger partial charge in [-0.25, -0.2) is 0 Å². The molecule has 0 aromatic heterocycles. The van der Waals surface area contributed by atoms with Crippen molar-refractivity contribution in [3.63, 3.8) is 0 Å². The van der Waals surface area contributed by atoms with Crippen LogP contribution in [-0.4, -0.2) is 0 Å². The van der Waals surface area contributed by atoms with Gasteiger partial charge in [-0.15, -0.1) is 12.4 Å². The van der Waals surface area contributed by atoms with E-state index in [0.29, 0.717) is 0 Å². The normalized spacial score (nSPS) is 12.1. The summed E-state index contributed by atoms with van der Waals surface area (Å²) in [5.41, 5.74) is 10.8. The van der Waals surface area contributed by atoms with Crippen LogP contribution in [0, 0.1) is 13.8 Å². The SMILES string of the molecule is CCCCCCCCCCCCCCCC(N)c1c(C)c(C)cc2ccccc12.Cl. The molecule has 2 heteroatoms. The second-order valence-electron chi connectivity index (χ2n) is 9.09. The van der Waals surface area contributed by atoms with Crippen molar-refractivity contribution >= 4 is 23.2 Å². The average Bonchev–Trinajstić information content (AvgIpc) is 2.72. The predicted molar refractivity (Wildman–Crippen MR) is 138 cm³/mol. The number of rotatable bonds is 15. The monoisotopic (exact) mass is 431 g/mol. The lowest BCUT2D eigenvalue weighted by Gasteiger charge is -2.19. The van der Waals surface area contributed by atoms with Crippen LogP contribution < -0.4 is 5.73 Å². The van der Waals surface area contributed by atoms with Gasteiger partial charge in [0.05, 0.1) is 0 Å². The Kier molecular flexibility index (Phi) is 14.1. The van der Waals surface area contributed by atoms with Crippen molar-refractivity contribution < 1.29 is 0 Å². The van der Waals surface area contributed by atoms with E-state index in [9.17, 15) is 0 Å². The fourth-order valence-corrected chi connectivity index (χ4v) is 4.63. The molecule has 0 radical (unpaired) electrons. The van der Waals surface area contributed by atoms with Crippen molar-refractivity contribution in [1.82, 2.24) is 0 Å².